The van der Waals surface area contributed by atoms with Crippen LogP contribution in [0.15, 0.2) is 42.5 Å². The summed E-state index contributed by atoms with van der Waals surface area (Å²) < 4.78 is 98.8. The number of hydrogen-bond acceptors (Lipinski definition) is 3. The molecule has 1 N–H and O–H groups in total. The molecule has 5 nitrogen and oxygen atoms in total. The van der Waals surface area contributed by atoms with Gasteiger partial charge in [-0.25, -0.2) is 9.18 Å². The van der Waals surface area contributed by atoms with E-state index < -0.39 is 70.9 Å². The maximum absolute atomic E-state index is 13.4. The molecule has 1 heterocycles. The Morgan fingerprint density at radius 1 is 1.00 bits per heavy atom. The SMILES string of the molecule is CC(=O)[C@H]1[C@H](c2ccc(F)cc2)[C@@H](O[C@H](C)c2cc(C(F)(F)F)cc(C(F)(F)F)c2)CN1C(=O)O. The molecule has 1 aliphatic rings. The van der Waals surface area contributed by atoms with Crippen molar-refractivity contribution in [1.82, 2.24) is 4.90 Å². The van der Waals surface area contributed by atoms with Crippen LogP contribution in [-0.2, 0) is 21.9 Å². The van der Waals surface area contributed by atoms with E-state index in [1.807, 2.05) is 0 Å². The third-order valence-corrected chi connectivity index (χ3v) is 5.83. The number of ether oxygens (including phenoxy) is 1. The minimum atomic E-state index is -5.06. The summed E-state index contributed by atoms with van der Waals surface area (Å²) in [5, 5.41) is 9.57. The fourth-order valence-electron chi connectivity index (χ4n) is 4.25. The van der Waals surface area contributed by atoms with E-state index in [0.29, 0.717) is 17.7 Å². The van der Waals surface area contributed by atoms with Crippen molar-refractivity contribution < 1.29 is 50.2 Å². The lowest BCUT2D eigenvalue weighted by atomic mass is 9.87. The van der Waals surface area contributed by atoms with Crippen LogP contribution >= 0.6 is 0 Å². The summed E-state index contributed by atoms with van der Waals surface area (Å²) in [5.41, 5.74) is -3.15. The number of benzene rings is 2. The Bertz CT molecular complexity index is 1070. The molecule has 1 amide bonds. The number of nitrogens with zero attached hydrogens (tertiary/aromatic N) is 1. The van der Waals surface area contributed by atoms with E-state index in [2.05, 4.69) is 0 Å². The lowest BCUT2D eigenvalue weighted by Gasteiger charge is -2.27. The van der Waals surface area contributed by atoms with Gasteiger partial charge in [0.05, 0.1) is 29.9 Å². The van der Waals surface area contributed by atoms with E-state index >= 15 is 0 Å². The predicted octanol–water partition coefficient (Wildman–Crippen LogP) is 6.04. The van der Waals surface area contributed by atoms with Crippen molar-refractivity contribution in [2.75, 3.05) is 6.54 Å². The zero-order valence-electron chi connectivity index (χ0n) is 18.3. The Hall–Kier alpha value is -3.15. The van der Waals surface area contributed by atoms with Crippen LogP contribution in [0.4, 0.5) is 35.5 Å². The van der Waals surface area contributed by atoms with Crippen LogP contribution < -0.4 is 0 Å². The van der Waals surface area contributed by atoms with Gasteiger partial charge >= 0.3 is 18.4 Å². The van der Waals surface area contributed by atoms with Gasteiger partial charge in [0.15, 0.2) is 5.78 Å². The van der Waals surface area contributed by atoms with E-state index in [1.165, 1.54) is 19.1 Å². The zero-order valence-corrected chi connectivity index (χ0v) is 18.3. The smallest absolute Gasteiger partial charge is 0.416 e. The number of Topliss-reactive ketones (excluding diaryl/α,β-unsaturated/α-hetero) is 1. The van der Waals surface area contributed by atoms with Gasteiger partial charge in [0.2, 0.25) is 0 Å². The first-order valence-electron chi connectivity index (χ1n) is 10.3. The van der Waals surface area contributed by atoms with E-state index in [4.69, 9.17) is 4.74 Å². The van der Waals surface area contributed by atoms with E-state index in [1.54, 1.807) is 0 Å². The summed E-state index contributed by atoms with van der Waals surface area (Å²) in [6.45, 7) is 1.99. The first kappa shape index (κ1) is 26.5. The van der Waals surface area contributed by atoms with Crippen LogP contribution in [0, 0.1) is 5.82 Å². The van der Waals surface area contributed by atoms with Gasteiger partial charge in [-0.1, -0.05) is 12.1 Å². The molecule has 2 aromatic rings. The number of halogens is 7. The van der Waals surface area contributed by atoms with Crippen molar-refractivity contribution in [3.05, 3.63) is 70.5 Å². The highest BCUT2D eigenvalue weighted by Crippen LogP contribution is 2.41. The number of carboxylic acid groups (broad SMARTS) is 1. The van der Waals surface area contributed by atoms with Crippen LogP contribution in [0.5, 0.6) is 0 Å². The normalized spacial score (nSPS) is 21.7. The number of hydrogen-bond donors (Lipinski definition) is 1. The lowest BCUT2D eigenvalue weighted by molar-refractivity contribution is -0.143. The average molecular weight is 507 g/mol. The molecule has 0 bridgehead atoms. The van der Waals surface area contributed by atoms with Crippen molar-refractivity contribution in [3.8, 4) is 0 Å². The molecule has 3 rings (SSSR count). The fraction of sp³-hybridized carbons (Fsp3) is 0.391. The molecule has 0 saturated carbocycles. The molecule has 1 saturated heterocycles. The molecule has 12 heteroatoms. The topological polar surface area (TPSA) is 66.8 Å². The molecular weight excluding hydrogens is 487 g/mol. The van der Waals surface area contributed by atoms with Crippen molar-refractivity contribution in [2.24, 2.45) is 0 Å². The molecule has 0 aromatic heterocycles. The van der Waals surface area contributed by atoms with E-state index in [0.717, 1.165) is 24.0 Å². The first-order chi connectivity index (χ1) is 16.1. The van der Waals surface area contributed by atoms with Crippen LogP contribution in [0.3, 0.4) is 0 Å². The lowest BCUT2D eigenvalue weighted by Crippen LogP contribution is -2.41. The molecule has 0 unspecified atom stereocenters. The van der Waals surface area contributed by atoms with E-state index in [-0.39, 0.29) is 12.6 Å². The van der Waals surface area contributed by atoms with Gasteiger partial charge in [-0.15, -0.1) is 0 Å². The van der Waals surface area contributed by atoms with Gasteiger partial charge in [-0.05, 0) is 55.3 Å². The second kappa shape index (κ2) is 9.48. The second-order valence-corrected chi connectivity index (χ2v) is 8.22. The second-order valence-electron chi connectivity index (χ2n) is 8.22. The number of carbonyl (C=O) groups excluding carboxylic acids is 1. The van der Waals surface area contributed by atoms with Crippen LogP contribution in [0.1, 0.15) is 48.1 Å². The Kier molecular flexibility index (Phi) is 7.16. The standard InChI is InChI=1S/C23H20F7NO4/c1-11(32)20-19(13-3-5-17(24)6-4-13)18(10-31(20)21(33)34)35-12(2)14-7-15(22(25,26)27)9-16(8-14)23(28,29)30/h3-9,12,18-20H,10H2,1-2H3,(H,33,34)/t12-,18+,19-,20+/m1/s1. The third-order valence-electron chi connectivity index (χ3n) is 5.83. The quantitative estimate of drug-likeness (QED) is 0.501. The van der Waals surface area contributed by atoms with Crippen LogP contribution in [0.2, 0.25) is 0 Å². The third kappa shape index (κ3) is 5.75. The largest absolute Gasteiger partial charge is 0.465 e. The van der Waals surface area contributed by atoms with Gasteiger partial charge in [0, 0.05) is 5.92 Å². The summed E-state index contributed by atoms with van der Waals surface area (Å²) in [6, 6.07) is 4.59. The molecule has 35 heavy (non-hydrogen) atoms. The molecule has 0 aliphatic carbocycles. The molecule has 0 spiro atoms. The van der Waals surface area contributed by atoms with Gasteiger partial charge in [0.25, 0.3) is 0 Å². The molecule has 0 radical (unpaired) electrons. The molecule has 1 aliphatic heterocycles. The number of rotatable bonds is 5. The summed E-state index contributed by atoms with van der Waals surface area (Å²) in [7, 11) is 0. The molecule has 2 aromatic carbocycles. The number of likely N-dealkylation sites (tertiary alicyclic amines) is 1. The van der Waals surface area contributed by atoms with Crippen molar-refractivity contribution >= 4 is 11.9 Å². The van der Waals surface area contributed by atoms with Crippen molar-refractivity contribution in [3.63, 3.8) is 0 Å². The number of ketones is 1. The molecule has 4 atom stereocenters. The first-order valence-corrected chi connectivity index (χ1v) is 10.3. The highest BCUT2D eigenvalue weighted by Gasteiger charge is 2.48. The number of amides is 1. The van der Waals surface area contributed by atoms with Gasteiger partial charge in [0.1, 0.15) is 11.9 Å². The zero-order chi connectivity index (χ0) is 26.3. The Labute approximate surface area is 195 Å². The summed E-state index contributed by atoms with van der Waals surface area (Å²) in [5.74, 6) is -2.13. The Morgan fingerprint density at radius 3 is 1.94 bits per heavy atom. The highest BCUT2D eigenvalue weighted by molar-refractivity contribution is 5.87. The minimum Gasteiger partial charge on any atom is -0.465 e. The maximum Gasteiger partial charge on any atom is 0.416 e. The van der Waals surface area contributed by atoms with Gasteiger partial charge in [-0.2, -0.15) is 26.3 Å². The monoisotopic (exact) mass is 507 g/mol. The van der Waals surface area contributed by atoms with Crippen LogP contribution in [-0.4, -0.2) is 40.6 Å². The summed E-state index contributed by atoms with van der Waals surface area (Å²) in [6.07, 6.45) is -14.0. The van der Waals surface area contributed by atoms with E-state index in [9.17, 15) is 45.4 Å². The highest BCUT2D eigenvalue weighted by atomic mass is 19.4. The summed E-state index contributed by atoms with van der Waals surface area (Å²) in [4.78, 5) is 24.9. The van der Waals surface area contributed by atoms with Gasteiger partial charge in [-0.3, -0.25) is 9.69 Å². The van der Waals surface area contributed by atoms with Gasteiger partial charge < -0.3 is 9.84 Å². The maximum atomic E-state index is 13.4. The average Bonchev–Trinajstić information content (AvgIpc) is 3.12. The predicted molar refractivity (Wildman–Crippen MR) is 108 cm³/mol. The van der Waals surface area contributed by atoms with Crippen LogP contribution in [0.25, 0.3) is 0 Å². The fourth-order valence-corrected chi connectivity index (χ4v) is 4.25. The Balaban J connectivity index is 2.02. The molecular formula is C23H20F7NO4. The minimum absolute atomic E-state index is 0.00888. The Morgan fingerprint density at radius 2 is 1.51 bits per heavy atom. The number of carbonyl (C=O) groups is 2. The van der Waals surface area contributed by atoms with Crippen molar-refractivity contribution in [1.29, 1.82) is 0 Å². The number of alkyl halides is 6. The molecule has 1 fully saturated rings. The molecule has 190 valence electrons. The summed E-state index contributed by atoms with van der Waals surface area (Å²) >= 11 is 0. The van der Waals surface area contributed by atoms with Crippen molar-refractivity contribution in [2.45, 2.75) is 50.4 Å².